The molecule has 0 aromatic carbocycles. The molecule has 36 heavy (non-hydrogen) atoms. The molecule has 0 aliphatic carbocycles. The molecule has 2 amide bonds. The third kappa shape index (κ3) is 4.42. The average Bonchev–Trinajstić information content (AvgIpc) is 3.56. The van der Waals surface area contributed by atoms with E-state index in [9.17, 15) is 19.5 Å². The first-order valence-electron chi connectivity index (χ1n) is 10.8. The number of thiazole rings is 1. The predicted octanol–water partition coefficient (Wildman–Crippen LogP) is 0.292. The van der Waals surface area contributed by atoms with Gasteiger partial charge < -0.3 is 21.0 Å². The van der Waals surface area contributed by atoms with Crippen molar-refractivity contribution in [3.8, 4) is 0 Å². The van der Waals surface area contributed by atoms with E-state index in [1.54, 1.807) is 11.3 Å². The summed E-state index contributed by atoms with van der Waals surface area (Å²) in [6.45, 7) is 2.49. The molecule has 13 nitrogen and oxygen atoms in total. The number of carboxylic acids is 1. The Morgan fingerprint density at radius 3 is 2.97 bits per heavy atom. The number of thioether (sulfide) groups is 1. The number of fused-ring (bicyclic) bond motifs is 2. The van der Waals surface area contributed by atoms with Crippen molar-refractivity contribution in [1.82, 2.24) is 24.0 Å². The van der Waals surface area contributed by atoms with Gasteiger partial charge >= 0.3 is 5.97 Å². The molecule has 1 saturated heterocycles. The maximum absolute atomic E-state index is 13.0. The van der Waals surface area contributed by atoms with Crippen molar-refractivity contribution < 1.29 is 28.9 Å². The highest BCUT2D eigenvalue weighted by Gasteiger charge is 2.54. The van der Waals surface area contributed by atoms with Crippen molar-refractivity contribution in [1.29, 1.82) is 0 Å². The van der Waals surface area contributed by atoms with Crippen LogP contribution < -0.4 is 15.6 Å². The van der Waals surface area contributed by atoms with E-state index in [0.717, 1.165) is 16.4 Å². The highest BCUT2D eigenvalue weighted by Crippen LogP contribution is 2.40. The topological polar surface area (TPSA) is 168 Å². The summed E-state index contributed by atoms with van der Waals surface area (Å²) in [5.74, 6) is -2.03. The summed E-state index contributed by atoms with van der Waals surface area (Å²) in [5, 5.41) is 18.0. The summed E-state index contributed by atoms with van der Waals surface area (Å²) in [4.78, 5) is 49.6. The standard InChI is InChI=1S/C20H20N8O5S3/c1-2-4-33-24-12(15-23-20(21)36-25-15)16(29)22-13-17(30)28-14(19(31)32)10(8-35-18(13)28)6-26-7-11-27(9-26)3-5-34-11/h3,5,7,9,13,18H,2,4,6,8H2,1H3,(H3-,21,22,23,25,29,31,32)/p+1/b24-12-/t13-,18-/m1/s1. The number of hydrogen-bond donors (Lipinski definition) is 3. The van der Waals surface area contributed by atoms with E-state index in [4.69, 9.17) is 10.6 Å². The maximum atomic E-state index is 13.0. The van der Waals surface area contributed by atoms with Crippen molar-refractivity contribution in [3.05, 3.63) is 41.2 Å². The zero-order chi connectivity index (χ0) is 25.4. The third-order valence-electron chi connectivity index (χ3n) is 5.44. The van der Waals surface area contributed by atoms with Crippen molar-refractivity contribution in [2.24, 2.45) is 5.16 Å². The minimum atomic E-state index is -1.19. The van der Waals surface area contributed by atoms with Gasteiger partial charge in [0.2, 0.25) is 22.7 Å². The maximum Gasteiger partial charge on any atom is 0.352 e. The van der Waals surface area contributed by atoms with Crippen molar-refractivity contribution in [2.75, 3.05) is 18.1 Å². The van der Waals surface area contributed by atoms with Gasteiger partial charge in [-0.05, 0) is 6.42 Å². The summed E-state index contributed by atoms with van der Waals surface area (Å²) in [6, 6.07) is -0.932. The predicted molar refractivity (Wildman–Crippen MR) is 132 cm³/mol. The van der Waals surface area contributed by atoms with E-state index in [2.05, 4.69) is 19.8 Å². The summed E-state index contributed by atoms with van der Waals surface area (Å²) in [5.41, 5.74) is 5.99. The minimum absolute atomic E-state index is 0.0102. The van der Waals surface area contributed by atoms with Crippen LogP contribution in [-0.2, 0) is 25.8 Å². The Labute approximate surface area is 216 Å². The van der Waals surface area contributed by atoms with E-state index >= 15 is 0 Å². The molecule has 188 valence electrons. The molecule has 2 atom stereocenters. The summed E-state index contributed by atoms with van der Waals surface area (Å²) < 4.78 is 7.84. The van der Waals surface area contributed by atoms with Crippen LogP contribution in [0.15, 0.2) is 40.5 Å². The number of carbonyl (C=O) groups excluding carboxylic acids is 2. The van der Waals surface area contributed by atoms with Crippen LogP contribution in [0.3, 0.4) is 0 Å². The van der Waals surface area contributed by atoms with Crippen LogP contribution in [0.5, 0.6) is 0 Å². The number of imidazole rings is 1. The highest BCUT2D eigenvalue weighted by molar-refractivity contribution is 8.00. The number of aromatic nitrogens is 4. The number of hydrogen-bond acceptors (Lipinski definition) is 11. The lowest BCUT2D eigenvalue weighted by molar-refractivity contribution is -0.687. The first kappa shape index (κ1) is 24.2. The molecule has 0 spiro atoms. The lowest BCUT2D eigenvalue weighted by Crippen LogP contribution is -2.71. The second-order valence-electron chi connectivity index (χ2n) is 7.91. The molecule has 5 rings (SSSR count). The lowest BCUT2D eigenvalue weighted by atomic mass is 10.0. The molecule has 0 unspecified atom stereocenters. The molecule has 2 aliphatic heterocycles. The van der Waals surface area contributed by atoms with E-state index < -0.39 is 29.2 Å². The number of nitrogens with zero attached hydrogens (tertiary/aromatic N) is 6. The van der Waals surface area contributed by atoms with Gasteiger partial charge in [0.1, 0.15) is 42.7 Å². The Balaban J connectivity index is 1.34. The van der Waals surface area contributed by atoms with Gasteiger partial charge in [0.05, 0.1) is 0 Å². The van der Waals surface area contributed by atoms with Gasteiger partial charge in [-0.3, -0.25) is 14.5 Å². The summed E-state index contributed by atoms with van der Waals surface area (Å²) in [6.07, 6.45) is 6.39. The Kier molecular flexibility index (Phi) is 6.63. The van der Waals surface area contributed by atoms with Crippen molar-refractivity contribution in [2.45, 2.75) is 31.3 Å². The van der Waals surface area contributed by atoms with Crippen LogP contribution in [0, 0.1) is 0 Å². The first-order valence-corrected chi connectivity index (χ1v) is 13.5. The zero-order valence-electron chi connectivity index (χ0n) is 18.9. The Hall–Kier alpha value is -3.50. The number of nitrogens with two attached hydrogens (primary N) is 1. The number of aliphatic carboxylic acids is 1. The molecule has 1 fully saturated rings. The molecular weight excluding hydrogens is 528 g/mol. The monoisotopic (exact) mass is 549 g/mol. The van der Waals surface area contributed by atoms with Gasteiger partial charge in [0.25, 0.3) is 11.8 Å². The van der Waals surface area contributed by atoms with E-state index in [-0.39, 0.29) is 29.0 Å². The Morgan fingerprint density at radius 1 is 1.44 bits per heavy atom. The van der Waals surface area contributed by atoms with E-state index in [1.807, 2.05) is 40.0 Å². The van der Waals surface area contributed by atoms with Gasteiger partial charge in [-0.2, -0.15) is 13.8 Å². The Morgan fingerprint density at radius 2 is 2.28 bits per heavy atom. The van der Waals surface area contributed by atoms with Crippen LogP contribution in [0.1, 0.15) is 19.2 Å². The van der Waals surface area contributed by atoms with Gasteiger partial charge in [0, 0.05) is 28.2 Å². The van der Waals surface area contributed by atoms with Crippen molar-refractivity contribution >= 4 is 68.1 Å². The first-order chi connectivity index (χ1) is 17.4. The molecule has 2 aliphatic rings. The second-order valence-corrected chi connectivity index (χ2v) is 10.7. The fraction of sp³-hybridized carbons (Fsp3) is 0.350. The quantitative estimate of drug-likeness (QED) is 0.112. The number of nitrogens with one attached hydrogen (secondary N) is 1. The summed E-state index contributed by atoms with van der Waals surface area (Å²) in [7, 11) is 0. The molecule has 4 N–H and O–H groups in total. The highest BCUT2D eigenvalue weighted by atomic mass is 32.2. The molecule has 0 saturated carbocycles. The van der Waals surface area contributed by atoms with Gasteiger partial charge in [-0.25, -0.2) is 9.36 Å². The van der Waals surface area contributed by atoms with E-state index in [0.29, 0.717) is 24.3 Å². The molecular formula is C20H21N8O5S3+. The van der Waals surface area contributed by atoms with Gasteiger partial charge in [-0.1, -0.05) is 23.4 Å². The third-order valence-corrected chi connectivity index (χ3v) is 8.14. The normalized spacial score (nSPS) is 19.9. The SMILES string of the molecule is CCCO/N=C(\C(=O)N[C@@H]1C(=O)N2C(C(=O)O)=C(C[n+]3cc4sccn4c3)CS[C@H]12)c1nsc(N)n1. The van der Waals surface area contributed by atoms with Crippen LogP contribution >= 0.6 is 34.6 Å². The molecule has 5 heterocycles. The number of nitrogen functional groups attached to an aromatic ring is 1. The molecule has 3 aromatic heterocycles. The zero-order valence-corrected chi connectivity index (χ0v) is 21.3. The second kappa shape index (κ2) is 9.87. The Bertz CT molecular complexity index is 1380. The fourth-order valence-corrected chi connectivity index (χ4v) is 6.39. The van der Waals surface area contributed by atoms with Crippen LogP contribution in [0.4, 0.5) is 5.13 Å². The van der Waals surface area contributed by atoms with Crippen LogP contribution in [-0.4, -0.2) is 71.0 Å². The molecule has 3 aromatic rings. The number of anilines is 1. The number of oxime groups is 1. The largest absolute Gasteiger partial charge is 0.477 e. The number of carbonyl (C=O) groups is 3. The average molecular weight is 550 g/mol. The number of rotatable bonds is 9. The lowest BCUT2D eigenvalue weighted by Gasteiger charge is -2.49. The molecule has 0 radical (unpaired) electrons. The van der Waals surface area contributed by atoms with Gasteiger partial charge in [0.15, 0.2) is 5.13 Å². The minimum Gasteiger partial charge on any atom is -0.477 e. The van der Waals surface area contributed by atoms with Crippen molar-refractivity contribution in [3.63, 3.8) is 0 Å². The number of amides is 2. The van der Waals surface area contributed by atoms with Gasteiger partial charge in [-0.15, -0.1) is 11.8 Å². The van der Waals surface area contributed by atoms with Crippen LogP contribution in [0.25, 0.3) is 4.83 Å². The van der Waals surface area contributed by atoms with Crippen LogP contribution in [0.2, 0.25) is 0 Å². The smallest absolute Gasteiger partial charge is 0.352 e. The number of β-lactam (4-membered cyclic amide) rings is 1. The fourth-order valence-electron chi connectivity index (χ4n) is 3.87. The number of carboxylic acid groups (broad SMARTS) is 1. The summed E-state index contributed by atoms with van der Waals surface area (Å²) >= 11 is 3.86. The molecule has 0 bridgehead atoms. The molecule has 16 heteroatoms. The van der Waals surface area contributed by atoms with E-state index in [1.165, 1.54) is 16.7 Å².